The van der Waals surface area contributed by atoms with Gasteiger partial charge >= 0.3 is 0 Å². The van der Waals surface area contributed by atoms with Gasteiger partial charge in [0.15, 0.2) is 5.82 Å². The van der Waals surface area contributed by atoms with Crippen molar-refractivity contribution >= 4 is 11.5 Å². The maximum atomic E-state index is 14.3. The van der Waals surface area contributed by atoms with E-state index in [9.17, 15) is 14.8 Å². The lowest BCUT2D eigenvalue weighted by Gasteiger charge is -2.28. The van der Waals surface area contributed by atoms with E-state index in [0.29, 0.717) is 18.7 Å². The van der Waals surface area contributed by atoms with Gasteiger partial charge in [-0.3, -0.25) is 0 Å². The van der Waals surface area contributed by atoms with Gasteiger partial charge in [0.2, 0.25) is 5.95 Å². The molecular weight excluding hydrogens is 301 g/mol. The quantitative estimate of drug-likeness (QED) is 0.888. The van der Waals surface area contributed by atoms with Crippen LogP contribution in [-0.4, -0.2) is 45.1 Å². The van der Waals surface area contributed by atoms with Gasteiger partial charge in [-0.05, 0) is 12.3 Å². The molecule has 0 spiro atoms. The summed E-state index contributed by atoms with van der Waals surface area (Å²) in [5.41, 5.74) is 0.679. The van der Waals surface area contributed by atoms with Gasteiger partial charge in [-0.15, -0.1) is 5.10 Å². The number of hydrogen-bond donors (Lipinski definition) is 2. The number of anilines is 1. The first-order chi connectivity index (χ1) is 11.0. The third kappa shape index (κ3) is 2.73. The van der Waals surface area contributed by atoms with Crippen LogP contribution in [0.2, 0.25) is 0 Å². The highest BCUT2D eigenvalue weighted by Crippen LogP contribution is 2.27. The zero-order valence-electron chi connectivity index (χ0n) is 13.0. The van der Waals surface area contributed by atoms with Gasteiger partial charge in [0, 0.05) is 6.61 Å². The SMILES string of the molecule is CC(C)c1c(C#N)c(F)c2cnc(N[C@@H]3CCOC[C@H]3O)nn12. The van der Waals surface area contributed by atoms with Crippen LogP contribution in [0.5, 0.6) is 0 Å². The highest BCUT2D eigenvalue weighted by atomic mass is 19.1. The van der Waals surface area contributed by atoms with Crippen LogP contribution in [0.3, 0.4) is 0 Å². The second-order valence-electron chi connectivity index (χ2n) is 5.90. The van der Waals surface area contributed by atoms with E-state index in [4.69, 9.17) is 4.74 Å². The fourth-order valence-electron chi connectivity index (χ4n) is 2.79. The van der Waals surface area contributed by atoms with E-state index in [1.807, 2.05) is 19.9 Å². The van der Waals surface area contributed by atoms with E-state index in [2.05, 4.69) is 15.4 Å². The number of aromatic nitrogens is 3. The Morgan fingerprint density at radius 3 is 3.00 bits per heavy atom. The van der Waals surface area contributed by atoms with E-state index in [0.717, 1.165) is 0 Å². The first kappa shape index (κ1) is 15.6. The van der Waals surface area contributed by atoms with Crippen molar-refractivity contribution in [2.75, 3.05) is 18.5 Å². The number of nitrogens with zero attached hydrogens (tertiary/aromatic N) is 4. The van der Waals surface area contributed by atoms with Gasteiger partial charge in [-0.1, -0.05) is 13.8 Å². The molecule has 0 amide bonds. The lowest BCUT2D eigenvalue weighted by Crippen LogP contribution is -2.42. The fourth-order valence-corrected chi connectivity index (χ4v) is 2.79. The third-order valence-corrected chi connectivity index (χ3v) is 3.96. The second-order valence-corrected chi connectivity index (χ2v) is 5.90. The maximum absolute atomic E-state index is 14.3. The van der Waals surface area contributed by atoms with Crippen molar-refractivity contribution in [1.82, 2.24) is 14.6 Å². The molecule has 0 saturated carbocycles. The van der Waals surface area contributed by atoms with E-state index in [-0.39, 0.29) is 35.6 Å². The number of hydrogen-bond acceptors (Lipinski definition) is 6. The topological polar surface area (TPSA) is 95.5 Å². The molecule has 0 bridgehead atoms. The third-order valence-electron chi connectivity index (χ3n) is 3.96. The normalized spacial score (nSPS) is 21.6. The van der Waals surface area contributed by atoms with Gasteiger partial charge in [0.05, 0.1) is 30.6 Å². The minimum Gasteiger partial charge on any atom is -0.389 e. The molecule has 122 valence electrons. The van der Waals surface area contributed by atoms with E-state index in [1.54, 1.807) is 0 Å². The molecule has 2 aromatic heterocycles. The Labute approximate surface area is 132 Å². The summed E-state index contributed by atoms with van der Waals surface area (Å²) in [6.45, 7) is 4.55. The number of fused-ring (bicyclic) bond motifs is 1. The summed E-state index contributed by atoms with van der Waals surface area (Å²) in [5.74, 6) is -0.392. The van der Waals surface area contributed by atoms with Gasteiger partial charge in [0.25, 0.3) is 0 Å². The lowest BCUT2D eigenvalue weighted by molar-refractivity contribution is -0.0136. The Kier molecular flexibility index (Phi) is 4.15. The Hall–Kier alpha value is -2.24. The molecule has 7 nitrogen and oxygen atoms in total. The number of aliphatic hydroxyl groups excluding tert-OH is 1. The predicted octanol–water partition coefficient (Wildman–Crippen LogP) is 1.43. The molecule has 2 aromatic rings. The second kappa shape index (κ2) is 6.10. The highest BCUT2D eigenvalue weighted by Gasteiger charge is 2.26. The molecule has 0 aromatic carbocycles. The van der Waals surface area contributed by atoms with Crippen LogP contribution in [0.1, 0.15) is 37.4 Å². The minimum atomic E-state index is -0.649. The molecule has 8 heteroatoms. The van der Waals surface area contributed by atoms with E-state index < -0.39 is 11.9 Å². The fraction of sp³-hybridized carbons (Fsp3) is 0.533. The molecule has 0 aliphatic carbocycles. The summed E-state index contributed by atoms with van der Waals surface area (Å²) < 4.78 is 20.9. The molecule has 0 unspecified atom stereocenters. The molecule has 3 rings (SSSR count). The van der Waals surface area contributed by atoms with Crippen molar-refractivity contribution in [3.63, 3.8) is 0 Å². The standard InChI is InChI=1S/C15H18FN5O2/c1-8(2)14-9(5-17)13(16)11-6-18-15(20-21(11)14)19-10-3-4-23-7-12(10)22/h6,8,10,12,22H,3-4,7H2,1-2H3,(H,19,20)/t10-,12-/m1/s1. The molecule has 2 atom stereocenters. The van der Waals surface area contributed by atoms with Gasteiger partial charge < -0.3 is 15.2 Å². The maximum Gasteiger partial charge on any atom is 0.241 e. The molecule has 2 N–H and O–H groups in total. The van der Waals surface area contributed by atoms with Crippen LogP contribution in [0.15, 0.2) is 6.20 Å². The number of nitriles is 1. The number of rotatable bonds is 3. The van der Waals surface area contributed by atoms with Crippen molar-refractivity contribution in [2.45, 2.75) is 38.3 Å². The number of halogens is 1. The van der Waals surface area contributed by atoms with E-state index in [1.165, 1.54) is 10.7 Å². The number of ether oxygens (including phenoxy) is 1. The first-order valence-corrected chi connectivity index (χ1v) is 7.52. The van der Waals surface area contributed by atoms with Crippen LogP contribution in [0.4, 0.5) is 10.3 Å². The monoisotopic (exact) mass is 319 g/mol. The minimum absolute atomic E-state index is 0.00227. The van der Waals surface area contributed by atoms with Crippen molar-refractivity contribution in [3.05, 3.63) is 23.3 Å². The zero-order valence-corrected chi connectivity index (χ0v) is 13.0. The first-order valence-electron chi connectivity index (χ1n) is 7.52. The van der Waals surface area contributed by atoms with E-state index >= 15 is 0 Å². The molecule has 0 radical (unpaired) electrons. The highest BCUT2D eigenvalue weighted by molar-refractivity contribution is 5.58. The Morgan fingerprint density at radius 1 is 1.57 bits per heavy atom. The summed E-state index contributed by atoms with van der Waals surface area (Å²) in [6, 6.07) is 1.68. The summed E-state index contributed by atoms with van der Waals surface area (Å²) >= 11 is 0. The van der Waals surface area contributed by atoms with Crippen molar-refractivity contribution in [1.29, 1.82) is 5.26 Å². The molecular formula is C15H18FN5O2. The van der Waals surface area contributed by atoms with Crippen LogP contribution < -0.4 is 5.32 Å². The average molecular weight is 319 g/mol. The van der Waals surface area contributed by atoms with Crippen molar-refractivity contribution in [2.24, 2.45) is 0 Å². The number of aliphatic hydroxyl groups is 1. The van der Waals surface area contributed by atoms with Gasteiger partial charge in [-0.25, -0.2) is 13.9 Å². The van der Waals surface area contributed by atoms with Crippen LogP contribution in [0, 0.1) is 17.1 Å². The average Bonchev–Trinajstić information content (AvgIpc) is 2.81. The smallest absolute Gasteiger partial charge is 0.241 e. The largest absolute Gasteiger partial charge is 0.389 e. The van der Waals surface area contributed by atoms with Crippen LogP contribution in [0.25, 0.3) is 5.52 Å². The van der Waals surface area contributed by atoms with Crippen molar-refractivity contribution in [3.8, 4) is 6.07 Å². The molecule has 1 aliphatic rings. The molecule has 1 fully saturated rings. The summed E-state index contributed by atoms with van der Waals surface area (Å²) in [5, 5.41) is 26.5. The zero-order chi connectivity index (χ0) is 16.6. The van der Waals surface area contributed by atoms with Crippen molar-refractivity contribution < 1.29 is 14.2 Å². The predicted molar refractivity (Wildman–Crippen MR) is 80.6 cm³/mol. The Morgan fingerprint density at radius 2 is 2.35 bits per heavy atom. The van der Waals surface area contributed by atoms with Gasteiger partial charge in [0.1, 0.15) is 17.1 Å². The van der Waals surface area contributed by atoms with Gasteiger partial charge in [-0.2, -0.15) is 5.26 Å². The lowest BCUT2D eigenvalue weighted by atomic mass is 10.1. The molecule has 1 aliphatic heterocycles. The molecule has 1 saturated heterocycles. The van der Waals surface area contributed by atoms with Crippen LogP contribution >= 0.6 is 0 Å². The molecule has 3 heterocycles. The summed E-state index contributed by atoms with van der Waals surface area (Å²) in [4.78, 5) is 4.10. The Balaban J connectivity index is 2.01. The van der Waals surface area contributed by atoms with Crippen LogP contribution in [-0.2, 0) is 4.74 Å². The Bertz CT molecular complexity index is 767. The molecule has 23 heavy (non-hydrogen) atoms. The summed E-state index contributed by atoms with van der Waals surface area (Å²) in [6.07, 6.45) is 1.33. The number of nitrogens with one attached hydrogen (secondary N) is 1. The summed E-state index contributed by atoms with van der Waals surface area (Å²) in [7, 11) is 0.